The average Bonchev–Trinajstić information content (AvgIpc) is 3.29. The number of aliphatic hydroxyl groups is 1. The van der Waals surface area contributed by atoms with Crippen LogP contribution in [0.1, 0.15) is 30.0 Å². The number of nitrogens with zero attached hydrogens (tertiary/aromatic N) is 1. The molecule has 8 heteroatoms. The highest BCUT2D eigenvalue weighted by Gasteiger charge is 2.50. The number of aliphatic imine (C=N–C) groups is 1. The number of nitrogens with one attached hydrogen (secondary N) is 1. The monoisotopic (exact) mass is 518 g/mol. The van der Waals surface area contributed by atoms with E-state index in [2.05, 4.69) is 5.32 Å². The van der Waals surface area contributed by atoms with Gasteiger partial charge in [0.05, 0.1) is 20.8 Å². The fraction of sp³-hybridized carbons (Fsp3) is 0.333. The van der Waals surface area contributed by atoms with Crippen molar-refractivity contribution in [3.05, 3.63) is 89.5 Å². The highest BCUT2D eigenvalue weighted by atomic mass is 16.5. The number of para-hydroxylation sites is 1. The molecule has 200 valence electrons. The first-order valence-electron chi connectivity index (χ1n) is 12.6. The predicted octanol–water partition coefficient (Wildman–Crippen LogP) is 3.93. The molecule has 1 heterocycles. The molecule has 2 atom stereocenters. The Kier molecular flexibility index (Phi) is 8.86. The van der Waals surface area contributed by atoms with Gasteiger partial charge in [0.1, 0.15) is 11.9 Å². The number of benzene rings is 3. The van der Waals surface area contributed by atoms with E-state index in [0.29, 0.717) is 42.6 Å². The number of aliphatic hydroxyl groups excluding tert-OH is 1. The molecular formula is C30H34N2O6. The first-order chi connectivity index (χ1) is 18.5. The second-order valence-corrected chi connectivity index (χ2v) is 9.05. The van der Waals surface area contributed by atoms with Gasteiger partial charge in [0.25, 0.3) is 5.91 Å². The van der Waals surface area contributed by atoms with Crippen LogP contribution in [0.3, 0.4) is 0 Å². The summed E-state index contributed by atoms with van der Waals surface area (Å²) in [5, 5.41) is 12.0. The molecule has 0 fully saturated rings. The van der Waals surface area contributed by atoms with E-state index >= 15 is 0 Å². The van der Waals surface area contributed by atoms with E-state index < -0.39 is 11.6 Å². The number of methoxy groups -OCH3 is 2. The number of hydrogen-bond donors (Lipinski definition) is 2. The number of amides is 1. The third-order valence-electron chi connectivity index (χ3n) is 6.57. The summed E-state index contributed by atoms with van der Waals surface area (Å²) < 4.78 is 22.8. The Bertz CT molecular complexity index is 1250. The highest BCUT2D eigenvalue weighted by Crippen LogP contribution is 2.34. The Balaban J connectivity index is 1.61. The SMILES string of the molecule is COc1cccc(CNC(=O)[C@]2(Cc3ccccc3)N=C(c3ccc(OCCCO)cc3)O[C@@H]2C)c1OC. The molecule has 38 heavy (non-hydrogen) atoms. The summed E-state index contributed by atoms with van der Waals surface area (Å²) in [7, 11) is 3.16. The van der Waals surface area contributed by atoms with Gasteiger partial charge in [-0.15, -0.1) is 0 Å². The van der Waals surface area contributed by atoms with Gasteiger partial charge in [-0.1, -0.05) is 42.5 Å². The van der Waals surface area contributed by atoms with Crippen molar-refractivity contribution in [2.45, 2.75) is 38.0 Å². The minimum absolute atomic E-state index is 0.0801. The van der Waals surface area contributed by atoms with Crippen molar-refractivity contribution >= 4 is 11.8 Å². The van der Waals surface area contributed by atoms with Crippen LogP contribution in [0, 0.1) is 0 Å². The molecule has 4 rings (SSSR count). The van der Waals surface area contributed by atoms with Crippen LogP contribution in [0.2, 0.25) is 0 Å². The minimum Gasteiger partial charge on any atom is -0.494 e. The maximum atomic E-state index is 13.9. The third-order valence-corrected chi connectivity index (χ3v) is 6.57. The van der Waals surface area contributed by atoms with Crippen LogP contribution >= 0.6 is 0 Å². The lowest BCUT2D eigenvalue weighted by Crippen LogP contribution is -2.52. The zero-order chi connectivity index (χ0) is 27.0. The van der Waals surface area contributed by atoms with E-state index in [1.54, 1.807) is 14.2 Å². The van der Waals surface area contributed by atoms with Crippen LogP contribution in [0.4, 0.5) is 0 Å². The summed E-state index contributed by atoms with van der Waals surface area (Å²) in [5.41, 5.74) is 1.36. The first kappa shape index (κ1) is 27.0. The van der Waals surface area contributed by atoms with Gasteiger partial charge < -0.3 is 29.4 Å². The normalized spacial score (nSPS) is 18.3. The molecule has 3 aromatic rings. The van der Waals surface area contributed by atoms with Crippen molar-refractivity contribution in [2.24, 2.45) is 4.99 Å². The molecule has 1 aliphatic heterocycles. The van der Waals surface area contributed by atoms with Crippen molar-refractivity contribution in [1.29, 1.82) is 0 Å². The quantitative estimate of drug-likeness (QED) is 0.353. The molecule has 1 amide bonds. The summed E-state index contributed by atoms with van der Waals surface area (Å²) in [6, 6.07) is 22.7. The molecule has 0 aliphatic carbocycles. The summed E-state index contributed by atoms with van der Waals surface area (Å²) in [5.74, 6) is 2.03. The van der Waals surface area contributed by atoms with Crippen LogP contribution in [0.25, 0.3) is 0 Å². The van der Waals surface area contributed by atoms with Crippen LogP contribution in [0.5, 0.6) is 17.2 Å². The van der Waals surface area contributed by atoms with Gasteiger partial charge in [0, 0.05) is 37.1 Å². The van der Waals surface area contributed by atoms with E-state index in [1.807, 2.05) is 79.7 Å². The van der Waals surface area contributed by atoms with Gasteiger partial charge >= 0.3 is 0 Å². The molecule has 0 aromatic heterocycles. The summed E-state index contributed by atoms with van der Waals surface area (Å²) in [4.78, 5) is 18.8. The Hall–Kier alpha value is -4.04. The lowest BCUT2D eigenvalue weighted by molar-refractivity contribution is -0.128. The fourth-order valence-electron chi connectivity index (χ4n) is 4.47. The average molecular weight is 519 g/mol. The van der Waals surface area contributed by atoms with E-state index in [9.17, 15) is 4.79 Å². The Morgan fingerprint density at radius 1 is 1.03 bits per heavy atom. The highest BCUT2D eigenvalue weighted by molar-refractivity contribution is 6.00. The van der Waals surface area contributed by atoms with Crippen LogP contribution in [-0.2, 0) is 22.5 Å². The summed E-state index contributed by atoms with van der Waals surface area (Å²) >= 11 is 0. The molecule has 1 aliphatic rings. The number of carbonyl (C=O) groups excluding carboxylic acids is 1. The topological polar surface area (TPSA) is 98.6 Å². The molecule has 0 saturated carbocycles. The predicted molar refractivity (Wildman–Crippen MR) is 145 cm³/mol. The summed E-state index contributed by atoms with van der Waals surface area (Å²) in [6.45, 7) is 2.63. The van der Waals surface area contributed by atoms with Crippen molar-refractivity contribution in [1.82, 2.24) is 5.32 Å². The lowest BCUT2D eigenvalue weighted by atomic mass is 9.86. The molecule has 0 bridgehead atoms. The lowest BCUT2D eigenvalue weighted by Gasteiger charge is -2.28. The number of rotatable bonds is 12. The Morgan fingerprint density at radius 2 is 1.79 bits per heavy atom. The molecule has 2 N–H and O–H groups in total. The van der Waals surface area contributed by atoms with Crippen LogP contribution in [-0.4, -0.2) is 56.0 Å². The van der Waals surface area contributed by atoms with E-state index in [0.717, 1.165) is 16.7 Å². The molecule has 0 saturated heterocycles. The second kappa shape index (κ2) is 12.5. The maximum absolute atomic E-state index is 13.9. The number of ether oxygens (including phenoxy) is 4. The van der Waals surface area contributed by atoms with E-state index in [1.165, 1.54) is 0 Å². The largest absolute Gasteiger partial charge is 0.494 e. The Labute approximate surface area is 223 Å². The van der Waals surface area contributed by atoms with Crippen molar-refractivity contribution in [2.75, 3.05) is 27.4 Å². The third kappa shape index (κ3) is 5.92. The van der Waals surface area contributed by atoms with Gasteiger partial charge in [-0.2, -0.15) is 0 Å². The zero-order valence-electron chi connectivity index (χ0n) is 22.0. The van der Waals surface area contributed by atoms with Crippen LogP contribution in [0.15, 0.2) is 77.8 Å². The molecular weight excluding hydrogens is 484 g/mol. The zero-order valence-corrected chi connectivity index (χ0v) is 22.0. The fourth-order valence-corrected chi connectivity index (χ4v) is 4.47. The van der Waals surface area contributed by atoms with Crippen molar-refractivity contribution in [3.63, 3.8) is 0 Å². The first-order valence-corrected chi connectivity index (χ1v) is 12.6. The van der Waals surface area contributed by atoms with Gasteiger partial charge in [0.2, 0.25) is 5.90 Å². The van der Waals surface area contributed by atoms with E-state index in [-0.39, 0.29) is 19.1 Å². The van der Waals surface area contributed by atoms with Gasteiger partial charge in [-0.3, -0.25) is 4.79 Å². The van der Waals surface area contributed by atoms with Crippen molar-refractivity contribution in [3.8, 4) is 17.2 Å². The molecule has 0 unspecified atom stereocenters. The minimum atomic E-state index is -1.17. The number of hydrogen-bond acceptors (Lipinski definition) is 7. The van der Waals surface area contributed by atoms with E-state index in [4.69, 9.17) is 29.0 Å². The molecule has 0 spiro atoms. The van der Waals surface area contributed by atoms with Crippen molar-refractivity contribution < 1.29 is 28.8 Å². The molecule has 0 radical (unpaired) electrons. The second-order valence-electron chi connectivity index (χ2n) is 9.05. The van der Waals surface area contributed by atoms with Gasteiger partial charge in [0.15, 0.2) is 17.0 Å². The molecule has 8 nitrogen and oxygen atoms in total. The van der Waals surface area contributed by atoms with Gasteiger partial charge in [-0.05, 0) is 42.8 Å². The maximum Gasteiger partial charge on any atom is 0.252 e. The smallest absolute Gasteiger partial charge is 0.252 e. The standard InChI is InChI=1S/C30H34N2O6/c1-21-30(19-22-9-5-4-6-10-22,29(34)31-20-24-11-7-12-26(35-2)27(24)36-3)32-28(38-21)23-13-15-25(16-14-23)37-18-8-17-33/h4-7,9-16,21,33H,8,17-20H2,1-3H3,(H,31,34)/t21-,30-/m1/s1. The Morgan fingerprint density at radius 3 is 2.47 bits per heavy atom. The molecule has 3 aromatic carbocycles. The van der Waals surface area contributed by atoms with Crippen LogP contribution < -0.4 is 19.5 Å². The number of carbonyl (C=O) groups is 1. The van der Waals surface area contributed by atoms with Gasteiger partial charge in [-0.25, -0.2) is 4.99 Å². The summed E-state index contributed by atoms with van der Waals surface area (Å²) in [6.07, 6.45) is 0.431.